The summed E-state index contributed by atoms with van der Waals surface area (Å²) in [4.78, 5) is 7.98. The zero-order valence-corrected chi connectivity index (χ0v) is 10.1. The van der Waals surface area contributed by atoms with Gasteiger partial charge in [0.2, 0.25) is 0 Å². The van der Waals surface area contributed by atoms with Crippen molar-refractivity contribution in [2.45, 2.75) is 0 Å². The minimum absolute atomic E-state index is 0.846. The van der Waals surface area contributed by atoms with E-state index in [1.165, 1.54) is 6.33 Å². The maximum atomic E-state index is 4.10. The fourth-order valence-corrected chi connectivity index (χ4v) is 1.79. The van der Waals surface area contributed by atoms with Crippen molar-refractivity contribution >= 4 is 33.5 Å². The molecule has 3 nitrogen and oxygen atoms in total. The second-order valence-corrected chi connectivity index (χ2v) is 4.51. The van der Waals surface area contributed by atoms with Gasteiger partial charge in [0.15, 0.2) is 0 Å². The number of hydrogen-bond donors (Lipinski definition) is 1. The van der Waals surface area contributed by atoms with Gasteiger partial charge in [-0.05, 0) is 15.9 Å². The number of nitrogens with zero attached hydrogens (tertiary/aromatic N) is 2. The van der Waals surface area contributed by atoms with Gasteiger partial charge in [0.05, 0.1) is 4.47 Å². The van der Waals surface area contributed by atoms with Crippen LogP contribution in [-0.4, -0.2) is 28.0 Å². The Hall–Kier alpha value is -0.550. The molecule has 0 aromatic carbocycles. The van der Waals surface area contributed by atoms with Gasteiger partial charge in [-0.2, -0.15) is 11.8 Å². The van der Waals surface area contributed by atoms with Crippen molar-refractivity contribution in [1.82, 2.24) is 9.97 Å². The Morgan fingerprint density at radius 3 is 3.21 bits per heavy atom. The monoisotopic (exact) mass is 273 g/mol. The maximum Gasteiger partial charge on any atom is 0.143 e. The molecule has 0 spiro atoms. The summed E-state index contributed by atoms with van der Waals surface area (Å²) in [6, 6.07) is 0. The molecule has 1 aromatic rings. The van der Waals surface area contributed by atoms with Crippen molar-refractivity contribution in [3.05, 3.63) is 29.7 Å². The lowest BCUT2D eigenvalue weighted by Crippen LogP contribution is -2.06. The van der Waals surface area contributed by atoms with E-state index < -0.39 is 0 Å². The van der Waals surface area contributed by atoms with Crippen LogP contribution < -0.4 is 5.32 Å². The molecule has 0 aliphatic rings. The van der Waals surface area contributed by atoms with E-state index in [1.54, 1.807) is 6.20 Å². The fraction of sp³-hybridized carbons (Fsp3) is 0.333. The third kappa shape index (κ3) is 4.11. The van der Waals surface area contributed by atoms with Crippen LogP contribution in [0.25, 0.3) is 0 Å². The first-order valence-corrected chi connectivity index (χ1v) is 6.17. The van der Waals surface area contributed by atoms with Gasteiger partial charge in [-0.3, -0.25) is 0 Å². The first kappa shape index (κ1) is 11.5. The van der Waals surface area contributed by atoms with Gasteiger partial charge in [0, 0.05) is 24.2 Å². The number of thioether (sulfide) groups is 1. The predicted octanol–water partition coefficient (Wildman–Crippen LogP) is 2.57. The minimum Gasteiger partial charge on any atom is -0.368 e. The molecule has 1 aromatic heterocycles. The van der Waals surface area contributed by atoms with Gasteiger partial charge in [0.1, 0.15) is 12.1 Å². The molecule has 0 aliphatic carbocycles. The highest BCUT2D eigenvalue weighted by atomic mass is 79.9. The normalized spacial score (nSPS) is 9.79. The lowest BCUT2D eigenvalue weighted by Gasteiger charge is -2.05. The Balaban J connectivity index is 2.24. The lowest BCUT2D eigenvalue weighted by molar-refractivity contribution is 1.10. The number of hydrogen-bond acceptors (Lipinski definition) is 4. The molecule has 1 N–H and O–H groups in total. The van der Waals surface area contributed by atoms with E-state index >= 15 is 0 Å². The third-order valence-electron chi connectivity index (χ3n) is 1.44. The van der Waals surface area contributed by atoms with E-state index in [2.05, 4.69) is 37.8 Å². The summed E-state index contributed by atoms with van der Waals surface area (Å²) in [5.74, 6) is 2.88. The maximum absolute atomic E-state index is 4.10. The molecule has 0 bridgehead atoms. The Kier molecular flexibility index (Phi) is 5.63. The molecule has 0 aliphatic heterocycles. The summed E-state index contributed by atoms with van der Waals surface area (Å²) in [5, 5.41) is 3.22. The van der Waals surface area contributed by atoms with Gasteiger partial charge >= 0.3 is 0 Å². The van der Waals surface area contributed by atoms with Gasteiger partial charge in [-0.1, -0.05) is 6.08 Å². The standard InChI is InChI=1S/C9H12BrN3S/c1-2-4-14-5-3-12-9-8(10)6-11-7-13-9/h2,6-7H,1,3-5H2,(H,11,12,13). The topological polar surface area (TPSA) is 37.8 Å². The predicted molar refractivity (Wildman–Crippen MR) is 65.7 cm³/mol. The molecule has 1 heterocycles. The Morgan fingerprint density at radius 1 is 1.64 bits per heavy atom. The van der Waals surface area contributed by atoms with E-state index in [1.807, 2.05) is 17.8 Å². The van der Waals surface area contributed by atoms with Gasteiger partial charge < -0.3 is 5.32 Å². The largest absolute Gasteiger partial charge is 0.368 e. The highest BCUT2D eigenvalue weighted by Crippen LogP contribution is 2.16. The Labute approximate surface area is 96.5 Å². The number of halogens is 1. The van der Waals surface area contributed by atoms with Gasteiger partial charge in [-0.25, -0.2) is 9.97 Å². The summed E-state index contributed by atoms with van der Waals surface area (Å²) in [7, 11) is 0. The van der Waals surface area contributed by atoms with Crippen LogP contribution in [0.2, 0.25) is 0 Å². The molecule has 0 fully saturated rings. The molecule has 14 heavy (non-hydrogen) atoms. The van der Waals surface area contributed by atoms with Crippen molar-refractivity contribution in [3.63, 3.8) is 0 Å². The number of nitrogens with one attached hydrogen (secondary N) is 1. The zero-order chi connectivity index (χ0) is 10.2. The van der Waals surface area contributed by atoms with Crippen LogP contribution in [0.3, 0.4) is 0 Å². The Morgan fingerprint density at radius 2 is 2.50 bits per heavy atom. The quantitative estimate of drug-likeness (QED) is 0.639. The van der Waals surface area contributed by atoms with Crippen LogP contribution in [-0.2, 0) is 0 Å². The van der Waals surface area contributed by atoms with Gasteiger partial charge in [0.25, 0.3) is 0 Å². The fourth-order valence-electron chi connectivity index (χ4n) is 0.851. The van der Waals surface area contributed by atoms with Crippen LogP contribution >= 0.6 is 27.7 Å². The molecule has 1 rings (SSSR count). The van der Waals surface area contributed by atoms with Crippen LogP contribution in [0.1, 0.15) is 0 Å². The molecular formula is C9H12BrN3S. The molecule has 0 unspecified atom stereocenters. The van der Waals surface area contributed by atoms with E-state index in [-0.39, 0.29) is 0 Å². The van der Waals surface area contributed by atoms with E-state index in [4.69, 9.17) is 0 Å². The summed E-state index contributed by atoms with van der Waals surface area (Å²) in [6.07, 6.45) is 5.17. The Bertz CT molecular complexity index is 293. The van der Waals surface area contributed by atoms with Gasteiger partial charge in [-0.15, -0.1) is 6.58 Å². The number of aromatic nitrogens is 2. The van der Waals surface area contributed by atoms with Crippen molar-refractivity contribution < 1.29 is 0 Å². The first-order valence-electron chi connectivity index (χ1n) is 4.22. The minimum atomic E-state index is 0.846. The second kappa shape index (κ2) is 6.84. The average Bonchev–Trinajstić information content (AvgIpc) is 2.20. The smallest absolute Gasteiger partial charge is 0.143 e. The first-order chi connectivity index (χ1) is 6.84. The van der Waals surface area contributed by atoms with Crippen LogP contribution in [0.5, 0.6) is 0 Å². The molecule has 0 saturated heterocycles. The van der Waals surface area contributed by atoms with Crippen LogP contribution in [0.15, 0.2) is 29.7 Å². The molecule has 5 heteroatoms. The van der Waals surface area contributed by atoms with Crippen molar-refractivity contribution in [3.8, 4) is 0 Å². The molecule has 0 saturated carbocycles. The van der Waals surface area contributed by atoms with Crippen LogP contribution in [0.4, 0.5) is 5.82 Å². The molecule has 76 valence electrons. The van der Waals surface area contributed by atoms with Crippen molar-refractivity contribution in [2.75, 3.05) is 23.4 Å². The van der Waals surface area contributed by atoms with Crippen molar-refractivity contribution in [2.24, 2.45) is 0 Å². The lowest BCUT2D eigenvalue weighted by atomic mass is 10.5. The summed E-state index contributed by atoms with van der Waals surface area (Å²) in [5.41, 5.74) is 0. The third-order valence-corrected chi connectivity index (χ3v) is 2.99. The molecular weight excluding hydrogens is 262 g/mol. The number of rotatable bonds is 6. The van der Waals surface area contributed by atoms with E-state index in [9.17, 15) is 0 Å². The summed E-state index contributed by atoms with van der Waals surface area (Å²) >= 11 is 5.21. The van der Waals surface area contributed by atoms with Crippen LogP contribution in [0, 0.1) is 0 Å². The van der Waals surface area contributed by atoms with E-state index in [0.29, 0.717) is 0 Å². The molecule has 0 radical (unpaired) electrons. The molecule has 0 atom stereocenters. The zero-order valence-electron chi connectivity index (χ0n) is 7.74. The summed E-state index contributed by atoms with van der Waals surface area (Å²) < 4.78 is 0.897. The molecule has 0 amide bonds. The average molecular weight is 274 g/mol. The highest BCUT2D eigenvalue weighted by molar-refractivity contribution is 9.10. The highest BCUT2D eigenvalue weighted by Gasteiger charge is 1.98. The number of anilines is 1. The van der Waals surface area contributed by atoms with E-state index in [0.717, 1.165) is 28.3 Å². The summed E-state index contributed by atoms with van der Waals surface area (Å²) in [6.45, 7) is 4.56. The van der Waals surface area contributed by atoms with Crippen molar-refractivity contribution in [1.29, 1.82) is 0 Å². The second-order valence-electron chi connectivity index (χ2n) is 2.51. The SMILES string of the molecule is C=CCSCCNc1ncncc1Br.